The van der Waals surface area contributed by atoms with Crippen molar-refractivity contribution in [3.8, 4) is 0 Å². The molecule has 2 rings (SSSR count). The summed E-state index contributed by atoms with van der Waals surface area (Å²) in [7, 11) is 0. The van der Waals surface area contributed by atoms with Gasteiger partial charge in [0.15, 0.2) is 0 Å². The Morgan fingerprint density at radius 3 is 2.80 bits per heavy atom. The maximum atomic E-state index is 11.8. The van der Waals surface area contributed by atoms with Crippen LogP contribution in [0.1, 0.15) is 27.2 Å². The summed E-state index contributed by atoms with van der Waals surface area (Å²) in [5.74, 6) is 1.48. The molecule has 1 saturated heterocycles. The van der Waals surface area contributed by atoms with Crippen LogP contribution in [0, 0.1) is 23.2 Å². The molecule has 0 bridgehead atoms. The second-order valence-electron chi connectivity index (χ2n) is 5.14. The summed E-state index contributed by atoms with van der Waals surface area (Å²) >= 11 is 0. The molecule has 86 valence electrons. The number of rotatable bonds is 2. The van der Waals surface area contributed by atoms with Crippen LogP contribution in [-0.4, -0.2) is 25.7 Å². The number of hydrogen-bond acceptors (Lipinski definition) is 3. The molecule has 3 heteroatoms. The molecule has 1 saturated carbocycles. The number of ether oxygens (including phenoxy) is 1. The molecule has 0 radical (unpaired) electrons. The van der Waals surface area contributed by atoms with Crippen LogP contribution in [0.15, 0.2) is 0 Å². The third-order valence-corrected chi connectivity index (χ3v) is 4.53. The zero-order chi connectivity index (χ0) is 11.1. The van der Waals surface area contributed by atoms with E-state index in [1.165, 1.54) is 6.42 Å². The van der Waals surface area contributed by atoms with Crippen molar-refractivity contribution in [3.63, 3.8) is 0 Å². The molecule has 3 nitrogen and oxygen atoms in total. The minimum atomic E-state index is 0.00116. The standard InChI is InChI=1S/C12H21NO2/c1-4-15-11(14)10-6-13-7-12(10)5-8(2)9(12)3/h8-10,13H,4-7H2,1-3H3. The van der Waals surface area contributed by atoms with E-state index in [1.54, 1.807) is 0 Å². The van der Waals surface area contributed by atoms with Crippen LogP contribution in [0.5, 0.6) is 0 Å². The van der Waals surface area contributed by atoms with Crippen LogP contribution in [0.25, 0.3) is 0 Å². The summed E-state index contributed by atoms with van der Waals surface area (Å²) in [5, 5.41) is 3.35. The van der Waals surface area contributed by atoms with E-state index >= 15 is 0 Å². The van der Waals surface area contributed by atoms with Gasteiger partial charge in [-0.15, -0.1) is 0 Å². The minimum absolute atomic E-state index is 0.00116. The number of hydrogen-bond donors (Lipinski definition) is 1. The number of carbonyl (C=O) groups is 1. The van der Waals surface area contributed by atoms with Crippen LogP contribution < -0.4 is 5.32 Å². The first-order valence-corrected chi connectivity index (χ1v) is 5.99. The minimum Gasteiger partial charge on any atom is -0.466 e. The molecule has 1 heterocycles. The summed E-state index contributed by atoms with van der Waals surface area (Å²) in [6.45, 7) is 8.71. The van der Waals surface area contributed by atoms with Gasteiger partial charge in [0.2, 0.25) is 0 Å². The van der Waals surface area contributed by atoms with E-state index in [-0.39, 0.29) is 17.3 Å². The predicted octanol–water partition coefficient (Wildman–Crippen LogP) is 1.43. The maximum Gasteiger partial charge on any atom is 0.310 e. The van der Waals surface area contributed by atoms with E-state index < -0.39 is 0 Å². The summed E-state index contributed by atoms with van der Waals surface area (Å²) in [6, 6.07) is 0. The smallest absolute Gasteiger partial charge is 0.310 e. The van der Waals surface area contributed by atoms with Crippen molar-refractivity contribution in [2.45, 2.75) is 27.2 Å². The highest BCUT2D eigenvalue weighted by Gasteiger charge is 2.58. The highest BCUT2D eigenvalue weighted by Crippen LogP contribution is 2.57. The second kappa shape index (κ2) is 3.78. The molecule has 1 aliphatic heterocycles. The van der Waals surface area contributed by atoms with Crippen LogP contribution in [0.2, 0.25) is 0 Å². The lowest BCUT2D eigenvalue weighted by Crippen LogP contribution is -2.52. The predicted molar refractivity (Wildman–Crippen MR) is 58.4 cm³/mol. The van der Waals surface area contributed by atoms with Crippen LogP contribution in [-0.2, 0) is 9.53 Å². The van der Waals surface area contributed by atoms with Gasteiger partial charge >= 0.3 is 5.97 Å². The van der Waals surface area contributed by atoms with Gasteiger partial charge in [0.05, 0.1) is 12.5 Å². The largest absolute Gasteiger partial charge is 0.466 e. The van der Waals surface area contributed by atoms with Crippen molar-refractivity contribution in [2.24, 2.45) is 23.2 Å². The van der Waals surface area contributed by atoms with Crippen molar-refractivity contribution in [1.82, 2.24) is 5.32 Å². The van der Waals surface area contributed by atoms with Crippen molar-refractivity contribution < 1.29 is 9.53 Å². The average Bonchev–Trinajstić information content (AvgIpc) is 2.64. The summed E-state index contributed by atoms with van der Waals surface area (Å²) < 4.78 is 5.16. The molecule has 1 spiro atoms. The molecular weight excluding hydrogens is 190 g/mol. The Kier molecular flexibility index (Phi) is 2.75. The quantitative estimate of drug-likeness (QED) is 0.702. The van der Waals surface area contributed by atoms with E-state index in [0.717, 1.165) is 19.0 Å². The number of esters is 1. The Labute approximate surface area is 91.6 Å². The van der Waals surface area contributed by atoms with E-state index in [2.05, 4.69) is 19.2 Å². The molecule has 4 unspecified atom stereocenters. The van der Waals surface area contributed by atoms with Crippen molar-refractivity contribution >= 4 is 5.97 Å². The third-order valence-electron chi connectivity index (χ3n) is 4.53. The molecule has 0 aromatic rings. The van der Waals surface area contributed by atoms with Crippen molar-refractivity contribution in [3.05, 3.63) is 0 Å². The lowest BCUT2D eigenvalue weighted by Gasteiger charge is -2.53. The Balaban J connectivity index is 2.09. The zero-order valence-electron chi connectivity index (χ0n) is 9.88. The summed E-state index contributed by atoms with van der Waals surface area (Å²) in [4.78, 5) is 11.8. The SMILES string of the molecule is CCOC(=O)C1CNCC12CC(C)C2C. The van der Waals surface area contributed by atoms with E-state index in [1.807, 2.05) is 6.92 Å². The van der Waals surface area contributed by atoms with Gasteiger partial charge in [-0.25, -0.2) is 0 Å². The highest BCUT2D eigenvalue weighted by atomic mass is 16.5. The van der Waals surface area contributed by atoms with Gasteiger partial charge in [0.1, 0.15) is 0 Å². The van der Waals surface area contributed by atoms with Crippen LogP contribution >= 0.6 is 0 Å². The molecule has 15 heavy (non-hydrogen) atoms. The molecule has 0 aromatic heterocycles. The monoisotopic (exact) mass is 211 g/mol. The lowest BCUT2D eigenvalue weighted by molar-refractivity contribution is -0.159. The maximum absolute atomic E-state index is 11.8. The van der Waals surface area contributed by atoms with Gasteiger partial charge in [0.25, 0.3) is 0 Å². The fourth-order valence-corrected chi connectivity index (χ4v) is 3.40. The molecule has 1 aliphatic carbocycles. The molecule has 2 fully saturated rings. The molecule has 2 aliphatic rings. The van der Waals surface area contributed by atoms with E-state index in [4.69, 9.17) is 4.74 Å². The lowest BCUT2D eigenvalue weighted by atomic mass is 9.51. The molecule has 1 N–H and O–H groups in total. The number of nitrogens with one attached hydrogen (secondary N) is 1. The highest BCUT2D eigenvalue weighted by molar-refractivity contribution is 5.74. The van der Waals surface area contributed by atoms with E-state index in [0.29, 0.717) is 12.5 Å². The Bertz CT molecular complexity index is 266. The fourth-order valence-electron chi connectivity index (χ4n) is 3.40. The molecule has 0 aromatic carbocycles. The van der Waals surface area contributed by atoms with Crippen LogP contribution in [0.4, 0.5) is 0 Å². The number of carbonyl (C=O) groups excluding carboxylic acids is 1. The first-order valence-electron chi connectivity index (χ1n) is 5.99. The fraction of sp³-hybridized carbons (Fsp3) is 0.917. The Hall–Kier alpha value is -0.570. The molecule has 4 atom stereocenters. The van der Waals surface area contributed by atoms with Gasteiger partial charge in [-0.2, -0.15) is 0 Å². The average molecular weight is 211 g/mol. The first-order chi connectivity index (χ1) is 7.12. The summed E-state index contributed by atoms with van der Waals surface area (Å²) in [6.07, 6.45) is 1.17. The van der Waals surface area contributed by atoms with E-state index in [9.17, 15) is 4.79 Å². The zero-order valence-corrected chi connectivity index (χ0v) is 9.88. The van der Waals surface area contributed by atoms with Crippen LogP contribution in [0.3, 0.4) is 0 Å². The van der Waals surface area contributed by atoms with Gasteiger partial charge in [0, 0.05) is 18.5 Å². The third kappa shape index (κ3) is 1.48. The Morgan fingerprint density at radius 2 is 2.27 bits per heavy atom. The normalized spacial score (nSPS) is 44.1. The Morgan fingerprint density at radius 1 is 1.53 bits per heavy atom. The second-order valence-corrected chi connectivity index (χ2v) is 5.14. The van der Waals surface area contributed by atoms with Crippen molar-refractivity contribution in [2.75, 3.05) is 19.7 Å². The first kappa shape index (κ1) is 10.9. The van der Waals surface area contributed by atoms with Crippen molar-refractivity contribution in [1.29, 1.82) is 0 Å². The molecular formula is C12H21NO2. The topological polar surface area (TPSA) is 38.3 Å². The van der Waals surface area contributed by atoms with Gasteiger partial charge in [-0.05, 0) is 25.2 Å². The van der Waals surface area contributed by atoms with Gasteiger partial charge in [-0.3, -0.25) is 4.79 Å². The van der Waals surface area contributed by atoms with Gasteiger partial charge in [-0.1, -0.05) is 13.8 Å². The van der Waals surface area contributed by atoms with Gasteiger partial charge < -0.3 is 10.1 Å². The molecule has 0 amide bonds. The summed E-state index contributed by atoms with van der Waals surface area (Å²) in [5.41, 5.74) is 0.200.